The van der Waals surface area contributed by atoms with Crippen LogP contribution in [0, 0.1) is 12.3 Å². The van der Waals surface area contributed by atoms with Crippen LogP contribution < -0.4 is 15.8 Å². The number of nitrogens with two attached hydrogens (primary N) is 1. The fraction of sp³-hybridized carbons (Fsp3) is 0.385. The Morgan fingerprint density at radius 3 is 2.75 bits per heavy atom. The van der Waals surface area contributed by atoms with Gasteiger partial charge < -0.3 is 10.5 Å². The molecule has 0 heterocycles. The molecular weight excluding hydrogens is 200 g/mol. The van der Waals surface area contributed by atoms with E-state index >= 15 is 0 Å². The zero-order valence-corrected chi connectivity index (χ0v) is 9.73. The number of benzene rings is 1. The van der Waals surface area contributed by atoms with Crippen molar-refractivity contribution in [3.05, 3.63) is 29.8 Å². The van der Waals surface area contributed by atoms with E-state index < -0.39 is 0 Å². The minimum Gasteiger partial charge on any atom is -0.496 e. The van der Waals surface area contributed by atoms with Crippen molar-refractivity contribution in [1.29, 1.82) is 0 Å². The molecule has 0 spiro atoms. The second-order valence-electron chi connectivity index (χ2n) is 3.59. The van der Waals surface area contributed by atoms with Gasteiger partial charge in [0.1, 0.15) is 5.75 Å². The Bertz CT molecular complexity index is 370. The van der Waals surface area contributed by atoms with Crippen LogP contribution >= 0.6 is 0 Å². The molecule has 2 unspecified atom stereocenters. The predicted molar refractivity (Wildman–Crippen MR) is 66.2 cm³/mol. The number of ether oxygens (including phenoxy) is 1. The van der Waals surface area contributed by atoms with E-state index in [1.165, 1.54) is 0 Å². The van der Waals surface area contributed by atoms with Crippen LogP contribution in [0.4, 0.5) is 0 Å². The van der Waals surface area contributed by atoms with Gasteiger partial charge in [-0.2, -0.15) is 0 Å². The van der Waals surface area contributed by atoms with Crippen molar-refractivity contribution in [2.45, 2.75) is 19.0 Å². The first-order valence-corrected chi connectivity index (χ1v) is 5.28. The van der Waals surface area contributed by atoms with E-state index in [4.69, 9.17) is 16.9 Å². The summed E-state index contributed by atoms with van der Waals surface area (Å²) in [4.78, 5) is 0. The maximum atomic E-state index is 5.74. The summed E-state index contributed by atoms with van der Waals surface area (Å²) in [5.74, 6) is 3.46. The van der Waals surface area contributed by atoms with Crippen LogP contribution in [0.15, 0.2) is 24.3 Å². The van der Waals surface area contributed by atoms with Crippen LogP contribution in [-0.4, -0.2) is 19.7 Å². The van der Waals surface area contributed by atoms with E-state index in [0.717, 1.165) is 11.3 Å². The fourth-order valence-corrected chi connectivity index (χ4v) is 1.59. The van der Waals surface area contributed by atoms with E-state index in [9.17, 15) is 0 Å². The topological polar surface area (TPSA) is 47.3 Å². The molecular formula is C13H18N2O. The second kappa shape index (κ2) is 6.16. The van der Waals surface area contributed by atoms with Gasteiger partial charge in [-0.25, -0.2) is 0 Å². The molecule has 1 aromatic carbocycles. The van der Waals surface area contributed by atoms with Gasteiger partial charge >= 0.3 is 0 Å². The lowest BCUT2D eigenvalue weighted by atomic mass is 10.0. The lowest BCUT2D eigenvalue weighted by molar-refractivity contribution is 0.397. The summed E-state index contributed by atoms with van der Waals surface area (Å²) in [5.41, 5.74) is 6.78. The Morgan fingerprint density at radius 2 is 2.19 bits per heavy atom. The number of terminal acetylenes is 1. The van der Waals surface area contributed by atoms with Gasteiger partial charge in [0, 0.05) is 18.2 Å². The summed E-state index contributed by atoms with van der Waals surface area (Å²) in [6.07, 6.45) is 5.34. The van der Waals surface area contributed by atoms with Gasteiger partial charge in [-0.15, -0.1) is 6.42 Å². The average Bonchev–Trinajstić information content (AvgIpc) is 2.35. The Labute approximate surface area is 97.0 Å². The molecule has 0 fully saturated rings. The molecule has 86 valence electrons. The molecule has 0 bridgehead atoms. The van der Waals surface area contributed by atoms with Crippen molar-refractivity contribution in [2.75, 3.05) is 13.7 Å². The summed E-state index contributed by atoms with van der Waals surface area (Å²) >= 11 is 0. The van der Waals surface area contributed by atoms with Crippen molar-refractivity contribution in [3.63, 3.8) is 0 Å². The largest absolute Gasteiger partial charge is 0.496 e. The fourth-order valence-electron chi connectivity index (χ4n) is 1.59. The van der Waals surface area contributed by atoms with E-state index in [1.807, 2.05) is 31.2 Å². The van der Waals surface area contributed by atoms with Crippen LogP contribution in [0.2, 0.25) is 0 Å². The van der Waals surface area contributed by atoms with Crippen LogP contribution in [0.25, 0.3) is 0 Å². The summed E-state index contributed by atoms with van der Waals surface area (Å²) in [7, 11) is 1.65. The van der Waals surface area contributed by atoms with Gasteiger partial charge in [0.15, 0.2) is 0 Å². The average molecular weight is 218 g/mol. The molecule has 1 aromatic rings. The van der Waals surface area contributed by atoms with Crippen molar-refractivity contribution < 1.29 is 4.74 Å². The quantitative estimate of drug-likeness (QED) is 0.732. The normalized spacial score (nSPS) is 13.9. The predicted octanol–water partition coefficient (Wildman–Crippen LogP) is 1.31. The summed E-state index contributed by atoms with van der Waals surface area (Å²) in [5, 5.41) is 3.27. The van der Waals surface area contributed by atoms with Gasteiger partial charge in [0.25, 0.3) is 0 Å². The molecule has 2 atom stereocenters. The van der Waals surface area contributed by atoms with E-state index in [0.29, 0.717) is 6.54 Å². The van der Waals surface area contributed by atoms with Gasteiger partial charge in [0.2, 0.25) is 0 Å². The maximum absolute atomic E-state index is 5.74. The minimum atomic E-state index is -0.0153. The SMILES string of the molecule is C#CC(C)NC(CN)c1ccccc1OC. The Morgan fingerprint density at radius 1 is 1.50 bits per heavy atom. The van der Waals surface area contributed by atoms with Crippen molar-refractivity contribution in [1.82, 2.24) is 5.32 Å². The van der Waals surface area contributed by atoms with Gasteiger partial charge in [-0.1, -0.05) is 24.1 Å². The molecule has 0 saturated carbocycles. The molecule has 3 heteroatoms. The van der Waals surface area contributed by atoms with Crippen molar-refractivity contribution in [3.8, 4) is 18.1 Å². The smallest absolute Gasteiger partial charge is 0.123 e. The molecule has 0 amide bonds. The van der Waals surface area contributed by atoms with E-state index in [1.54, 1.807) is 7.11 Å². The summed E-state index contributed by atoms with van der Waals surface area (Å²) < 4.78 is 5.30. The standard InChI is InChI=1S/C13H18N2O/c1-4-10(2)15-12(9-14)11-7-5-6-8-13(11)16-3/h1,5-8,10,12,15H,9,14H2,2-3H3. The van der Waals surface area contributed by atoms with Crippen molar-refractivity contribution in [2.24, 2.45) is 5.73 Å². The Hall–Kier alpha value is -1.50. The number of methoxy groups -OCH3 is 1. The van der Waals surface area contributed by atoms with Crippen LogP contribution in [0.3, 0.4) is 0 Å². The third-order valence-electron chi connectivity index (χ3n) is 2.45. The highest BCUT2D eigenvalue weighted by molar-refractivity contribution is 5.36. The molecule has 0 aliphatic carbocycles. The Kier molecular flexibility index (Phi) is 4.84. The molecule has 0 aromatic heterocycles. The van der Waals surface area contributed by atoms with Gasteiger partial charge in [-0.05, 0) is 13.0 Å². The molecule has 0 saturated heterocycles. The van der Waals surface area contributed by atoms with Crippen LogP contribution in [0.5, 0.6) is 5.75 Å². The monoisotopic (exact) mass is 218 g/mol. The zero-order valence-electron chi connectivity index (χ0n) is 9.73. The summed E-state index contributed by atoms with van der Waals surface area (Å²) in [6.45, 7) is 2.41. The lowest BCUT2D eigenvalue weighted by Gasteiger charge is -2.21. The highest BCUT2D eigenvalue weighted by Gasteiger charge is 2.15. The lowest BCUT2D eigenvalue weighted by Crippen LogP contribution is -2.34. The maximum Gasteiger partial charge on any atom is 0.123 e. The van der Waals surface area contributed by atoms with E-state index in [-0.39, 0.29) is 12.1 Å². The van der Waals surface area contributed by atoms with Crippen molar-refractivity contribution >= 4 is 0 Å². The first-order chi connectivity index (χ1) is 7.72. The number of nitrogens with one attached hydrogen (secondary N) is 1. The molecule has 0 radical (unpaired) electrons. The highest BCUT2D eigenvalue weighted by Crippen LogP contribution is 2.24. The first kappa shape index (κ1) is 12.6. The summed E-state index contributed by atoms with van der Waals surface area (Å²) in [6, 6.07) is 7.80. The van der Waals surface area contributed by atoms with Gasteiger partial charge in [-0.3, -0.25) is 5.32 Å². The molecule has 16 heavy (non-hydrogen) atoms. The van der Waals surface area contributed by atoms with Crippen LogP contribution in [0.1, 0.15) is 18.5 Å². The molecule has 1 rings (SSSR count). The van der Waals surface area contributed by atoms with Crippen LogP contribution in [-0.2, 0) is 0 Å². The molecule has 3 N–H and O–H groups in total. The molecule has 3 nitrogen and oxygen atoms in total. The number of rotatable bonds is 5. The third kappa shape index (κ3) is 2.99. The molecule has 0 aliphatic heterocycles. The molecule has 0 aliphatic rings. The Balaban J connectivity index is 2.90. The first-order valence-electron chi connectivity index (χ1n) is 5.28. The van der Waals surface area contributed by atoms with Gasteiger partial charge in [0.05, 0.1) is 13.2 Å². The number of hydrogen-bond donors (Lipinski definition) is 2. The van der Waals surface area contributed by atoms with E-state index in [2.05, 4.69) is 11.2 Å². The third-order valence-corrected chi connectivity index (χ3v) is 2.45. The second-order valence-corrected chi connectivity index (χ2v) is 3.59. The zero-order chi connectivity index (χ0) is 12.0. The number of para-hydroxylation sites is 1. The number of hydrogen-bond acceptors (Lipinski definition) is 3. The minimum absolute atomic E-state index is 0.0153. The highest BCUT2D eigenvalue weighted by atomic mass is 16.5.